The van der Waals surface area contributed by atoms with Crippen LogP contribution in [0, 0.1) is 52.3 Å². The highest BCUT2D eigenvalue weighted by atomic mass is 16.4. The number of aliphatic carboxylic acids is 1. The van der Waals surface area contributed by atoms with E-state index in [0.717, 1.165) is 44.9 Å². The van der Waals surface area contributed by atoms with E-state index >= 15 is 0 Å². The largest absolute Gasteiger partial charge is 0.481 e. The second-order valence-corrected chi connectivity index (χ2v) is 12.2. The Kier molecular flexibility index (Phi) is 6.28. The fourth-order valence-corrected chi connectivity index (χ4v) is 9.60. The van der Waals surface area contributed by atoms with Crippen molar-refractivity contribution in [1.29, 1.82) is 0 Å². The molecule has 0 bridgehead atoms. The van der Waals surface area contributed by atoms with Crippen molar-refractivity contribution in [2.24, 2.45) is 52.3 Å². The minimum atomic E-state index is -0.734. The molecule has 12 atom stereocenters. The van der Waals surface area contributed by atoms with Crippen LogP contribution < -0.4 is 0 Å². The van der Waals surface area contributed by atoms with Crippen molar-refractivity contribution in [2.45, 2.75) is 104 Å². The maximum Gasteiger partial charge on any atom is 0.303 e. The summed E-state index contributed by atoms with van der Waals surface area (Å²) in [5.41, 5.74) is -0.0767. The number of carbonyl (C=O) groups is 1. The molecule has 0 amide bonds. The third kappa shape index (κ3) is 3.58. The first-order valence-electron chi connectivity index (χ1n) is 12.8. The summed E-state index contributed by atoms with van der Waals surface area (Å²) in [6.45, 7) is 9.01. The number of hydrogen-bond donors (Lipinski definition) is 4. The second-order valence-electron chi connectivity index (χ2n) is 12.2. The zero-order valence-electron chi connectivity index (χ0n) is 19.8. The van der Waals surface area contributed by atoms with Crippen LogP contribution in [0.5, 0.6) is 0 Å². The Morgan fingerprint density at radius 3 is 2.42 bits per heavy atom. The van der Waals surface area contributed by atoms with E-state index in [-0.39, 0.29) is 47.0 Å². The Hall–Kier alpha value is -0.650. The van der Waals surface area contributed by atoms with Gasteiger partial charge in [0, 0.05) is 6.42 Å². The molecule has 4 saturated carbocycles. The molecule has 0 saturated heterocycles. The Labute approximate surface area is 187 Å². The topological polar surface area (TPSA) is 98.0 Å². The Morgan fingerprint density at radius 1 is 1.06 bits per heavy atom. The Bertz CT molecular complexity index is 681. The molecule has 31 heavy (non-hydrogen) atoms. The summed E-state index contributed by atoms with van der Waals surface area (Å²) < 4.78 is 0. The standard InChI is InChI=1S/C26H44O5/c1-5-16-19-12-15(27)10-11-25(19,3)23-20(28)13-26(4)17(14(2)6-9-21(29)30)7-8-18(26)22(23)24(16)31/h14-20,22-24,27-28,31H,5-13H2,1-4H3,(H,29,30)/t14?,15-,16-,17-,18+,19+,20+,22+,23+,24-,25+,26-/m1/s1. The molecular weight excluding hydrogens is 392 g/mol. The van der Waals surface area contributed by atoms with Gasteiger partial charge in [-0.1, -0.05) is 34.1 Å². The lowest BCUT2D eigenvalue weighted by Gasteiger charge is -2.66. The van der Waals surface area contributed by atoms with Crippen LogP contribution >= 0.6 is 0 Å². The van der Waals surface area contributed by atoms with Gasteiger partial charge in [-0.25, -0.2) is 0 Å². The van der Waals surface area contributed by atoms with Crippen molar-refractivity contribution in [2.75, 3.05) is 0 Å². The quantitative estimate of drug-likeness (QED) is 0.520. The van der Waals surface area contributed by atoms with E-state index in [1.165, 1.54) is 0 Å². The minimum Gasteiger partial charge on any atom is -0.481 e. The van der Waals surface area contributed by atoms with Gasteiger partial charge in [-0.3, -0.25) is 4.79 Å². The predicted molar refractivity (Wildman–Crippen MR) is 119 cm³/mol. The number of aliphatic hydroxyl groups excluding tert-OH is 3. The van der Waals surface area contributed by atoms with E-state index in [2.05, 4.69) is 27.7 Å². The van der Waals surface area contributed by atoms with Crippen molar-refractivity contribution >= 4 is 5.97 Å². The van der Waals surface area contributed by atoms with Gasteiger partial charge in [-0.15, -0.1) is 0 Å². The van der Waals surface area contributed by atoms with E-state index in [0.29, 0.717) is 24.2 Å². The van der Waals surface area contributed by atoms with Crippen LogP contribution in [0.3, 0.4) is 0 Å². The van der Waals surface area contributed by atoms with Gasteiger partial charge in [0.05, 0.1) is 18.3 Å². The van der Waals surface area contributed by atoms with Crippen molar-refractivity contribution in [1.82, 2.24) is 0 Å². The molecule has 0 heterocycles. The molecule has 4 aliphatic carbocycles. The number of aliphatic hydroxyl groups is 3. The van der Waals surface area contributed by atoms with E-state index in [4.69, 9.17) is 5.11 Å². The van der Waals surface area contributed by atoms with Gasteiger partial charge in [0.2, 0.25) is 0 Å². The van der Waals surface area contributed by atoms with Crippen molar-refractivity contribution < 1.29 is 25.2 Å². The maximum absolute atomic E-state index is 11.7. The first-order valence-corrected chi connectivity index (χ1v) is 12.8. The maximum atomic E-state index is 11.7. The van der Waals surface area contributed by atoms with Gasteiger partial charge in [0.25, 0.3) is 0 Å². The van der Waals surface area contributed by atoms with E-state index < -0.39 is 18.2 Å². The summed E-state index contributed by atoms with van der Waals surface area (Å²) in [7, 11) is 0. The van der Waals surface area contributed by atoms with Crippen molar-refractivity contribution in [3.63, 3.8) is 0 Å². The van der Waals surface area contributed by atoms with Crippen LogP contribution in [0.1, 0.15) is 85.5 Å². The molecule has 4 aliphatic rings. The molecule has 1 unspecified atom stereocenters. The highest BCUT2D eigenvalue weighted by Crippen LogP contribution is 2.69. The lowest BCUT2D eigenvalue weighted by molar-refractivity contribution is -0.235. The smallest absolute Gasteiger partial charge is 0.303 e. The normalized spacial score (nSPS) is 52.7. The summed E-state index contributed by atoms with van der Waals surface area (Å²) >= 11 is 0. The molecule has 0 aromatic heterocycles. The summed E-state index contributed by atoms with van der Waals surface area (Å²) in [6, 6.07) is 0. The molecule has 0 aromatic carbocycles. The summed E-state index contributed by atoms with van der Waals surface area (Å²) in [5.74, 6) is 1.00. The Morgan fingerprint density at radius 2 is 1.77 bits per heavy atom. The Balaban J connectivity index is 1.66. The SMILES string of the molecule is CC[C@H]1[C@@H](O)[C@@H]2[C@H]([C@@H](O)C[C@]3(C)[C@@H](C(C)CCC(=O)O)CC[C@@H]23)[C@@]2(C)CC[C@@H](O)C[C@@H]12. The van der Waals surface area contributed by atoms with Crippen LogP contribution in [0.4, 0.5) is 0 Å². The third-order valence-electron chi connectivity index (χ3n) is 10.9. The average molecular weight is 437 g/mol. The fraction of sp³-hybridized carbons (Fsp3) is 0.962. The number of rotatable bonds is 5. The van der Waals surface area contributed by atoms with Crippen LogP contribution in [0.15, 0.2) is 0 Å². The number of hydrogen-bond acceptors (Lipinski definition) is 4. The lowest BCUT2D eigenvalue weighted by atomic mass is 9.40. The second kappa shape index (κ2) is 8.29. The molecule has 0 aromatic rings. The molecular formula is C26H44O5. The first kappa shape index (κ1) is 23.5. The van der Waals surface area contributed by atoms with E-state index in [9.17, 15) is 20.1 Å². The molecule has 0 spiro atoms. The van der Waals surface area contributed by atoms with E-state index in [1.807, 2.05) is 0 Å². The van der Waals surface area contributed by atoms with Crippen molar-refractivity contribution in [3.8, 4) is 0 Å². The van der Waals surface area contributed by atoms with Gasteiger partial charge in [-0.05, 0) is 97.2 Å². The first-order chi connectivity index (χ1) is 14.5. The summed E-state index contributed by atoms with van der Waals surface area (Å²) in [6.07, 6.45) is 6.04. The van der Waals surface area contributed by atoms with Gasteiger partial charge in [0.1, 0.15) is 0 Å². The number of carboxylic acids is 1. The highest BCUT2D eigenvalue weighted by molar-refractivity contribution is 5.66. The van der Waals surface area contributed by atoms with Gasteiger partial charge < -0.3 is 20.4 Å². The molecule has 4 N–H and O–H groups in total. The monoisotopic (exact) mass is 436 g/mol. The van der Waals surface area contributed by atoms with Gasteiger partial charge in [-0.2, -0.15) is 0 Å². The lowest BCUT2D eigenvalue weighted by Crippen LogP contribution is -2.65. The third-order valence-corrected chi connectivity index (χ3v) is 10.9. The number of fused-ring (bicyclic) bond motifs is 5. The minimum absolute atomic E-state index is 0.0302. The zero-order valence-corrected chi connectivity index (χ0v) is 19.8. The molecule has 4 rings (SSSR count). The van der Waals surface area contributed by atoms with Crippen LogP contribution in [0.2, 0.25) is 0 Å². The molecule has 5 nitrogen and oxygen atoms in total. The van der Waals surface area contributed by atoms with Crippen LogP contribution in [-0.4, -0.2) is 44.7 Å². The van der Waals surface area contributed by atoms with Crippen LogP contribution in [-0.2, 0) is 4.79 Å². The van der Waals surface area contributed by atoms with Gasteiger partial charge in [0.15, 0.2) is 0 Å². The highest BCUT2D eigenvalue weighted by Gasteiger charge is 2.67. The molecule has 4 fully saturated rings. The molecule has 0 radical (unpaired) electrons. The predicted octanol–water partition coefficient (Wildman–Crippen LogP) is 4.08. The van der Waals surface area contributed by atoms with Crippen LogP contribution in [0.25, 0.3) is 0 Å². The number of carboxylic acid groups (broad SMARTS) is 1. The molecule has 0 aliphatic heterocycles. The molecule has 5 heteroatoms. The summed E-state index contributed by atoms with van der Waals surface area (Å²) in [5, 5.41) is 42.9. The van der Waals surface area contributed by atoms with Crippen molar-refractivity contribution in [3.05, 3.63) is 0 Å². The van der Waals surface area contributed by atoms with E-state index in [1.54, 1.807) is 0 Å². The summed E-state index contributed by atoms with van der Waals surface area (Å²) in [4.78, 5) is 11.1. The zero-order chi connectivity index (χ0) is 22.7. The average Bonchev–Trinajstić information content (AvgIpc) is 3.04. The molecule has 178 valence electrons. The van der Waals surface area contributed by atoms with Gasteiger partial charge >= 0.3 is 5.97 Å². The fourth-order valence-electron chi connectivity index (χ4n) is 9.60.